The number of rotatable bonds is 6. The van der Waals surface area contributed by atoms with Gasteiger partial charge in [0.2, 0.25) is 0 Å². The average molecular weight is 267 g/mol. The number of esters is 1. The first kappa shape index (κ1) is 14.6. The van der Waals surface area contributed by atoms with Gasteiger partial charge in [0.25, 0.3) is 0 Å². The summed E-state index contributed by atoms with van der Waals surface area (Å²) >= 11 is 1.48. The molecule has 0 amide bonds. The van der Waals surface area contributed by atoms with Gasteiger partial charge in [-0.1, -0.05) is 35.5 Å². The smallest absolute Gasteiger partial charge is 0.302 e. The molecule has 1 rings (SSSR count). The molecule has 0 radical (unpaired) electrons. The molecule has 0 aliphatic rings. The predicted octanol–water partition coefficient (Wildman–Crippen LogP) is 2.70. The van der Waals surface area contributed by atoms with Gasteiger partial charge < -0.3 is 9.94 Å². The molecular formula is C13H17NO3S. The summed E-state index contributed by atoms with van der Waals surface area (Å²) in [5.74, 6) is 0.500. The molecule has 0 unspecified atom stereocenters. The molecule has 0 saturated heterocycles. The van der Waals surface area contributed by atoms with E-state index in [1.54, 1.807) is 0 Å². The van der Waals surface area contributed by atoms with Crippen molar-refractivity contribution in [3.8, 4) is 0 Å². The Morgan fingerprint density at radius 1 is 1.39 bits per heavy atom. The summed E-state index contributed by atoms with van der Waals surface area (Å²) in [4.78, 5) is 10.5. The van der Waals surface area contributed by atoms with Gasteiger partial charge in [-0.2, -0.15) is 0 Å². The molecule has 5 heteroatoms. The average Bonchev–Trinajstić information content (AvgIpc) is 2.38. The van der Waals surface area contributed by atoms with Crippen LogP contribution in [0.2, 0.25) is 0 Å². The molecule has 18 heavy (non-hydrogen) atoms. The molecule has 4 nitrogen and oxygen atoms in total. The zero-order valence-corrected chi connectivity index (χ0v) is 11.2. The molecule has 1 N–H and O–H groups in total. The second kappa shape index (κ2) is 8.58. The lowest BCUT2D eigenvalue weighted by molar-refractivity contribution is -0.140. The quantitative estimate of drug-likeness (QED) is 0.215. The highest BCUT2D eigenvalue weighted by Crippen LogP contribution is 2.12. The summed E-state index contributed by atoms with van der Waals surface area (Å²) < 4.78 is 4.82. The maximum absolute atomic E-state index is 10.5. The first-order valence-corrected chi connectivity index (χ1v) is 6.72. The number of ether oxygens (including phenoxy) is 1. The first-order valence-electron chi connectivity index (χ1n) is 5.73. The summed E-state index contributed by atoms with van der Waals surface area (Å²) in [5.41, 5.74) is 1.11. The Balaban J connectivity index is 2.25. The Hall–Kier alpha value is -1.49. The molecule has 0 aliphatic heterocycles. The molecule has 0 fully saturated rings. The SMILES string of the molecule is CC(=O)OCCCS/C(Cc1ccccc1)=N\O. The van der Waals surface area contributed by atoms with Crippen molar-refractivity contribution < 1.29 is 14.7 Å². The number of hydrogen-bond donors (Lipinski definition) is 1. The van der Waals surface area contributed by atoms with E-state index in [1.165, 1.54) is 18.7 Å². The molecule has 0 atom stereocenters. The molecule has 0 aromatic heterocycles. The van der Waals surface area contributed by atoms with E-state index in [-0.39, 0.29) is 5.97 Å². The number of benzene rings is 1. The third kappa shape index (κ3) is 6.30. The number of thioether (sulfide) groups is 1. The highest BCUT2D eigenvalue weighted by Gasteiger charge is 2.03. The van der Waals surface area contributed by atoms with Crippen LogP contribution in [0.25, 0.3) is 0 Å². The highest BCUT2D eigenvalue weighted by molar-refractivity contribution is 8.13. The van der Waals surface area contributed by atoms with E-state index in [9.17, 15) is 4.79 Å². The molecule has 1 aromatic carbocycles. The van der Waals surface area contributed by atoms with Gasteiger partial charge in [-0.3, -0.25) is 4.79 Å². The minimum atomic E-state index is -0.264. The van der Waals surface area contributed by atoms with Crippen LogP contribution in [0.5, 0.6) is 0 Å². The third-order valence-electron chi connectivity index (χ3n) is 2.17. The second-order valence-corrected chi connectivity index (χ2v) is 4.87. The van der Waals surface area contributed by atoms with Gasteiger partial charge in [0.1, 0.15) is 5.04 Å². The van der Waals surface area contributed by atoms with Crippen LogP contribution in [0.1, 0.15) is 18.9 Å². The van der Waals surface area contributed by atoms with E-state index in [0.29, 0.717) is 18.1 Å². The molecule has 0 aliphatic carbocycles. The van der Waals surface area contributed by atoms with Gasteiger partial charge in [-0.05, 0) is 12.0 Å². The van der Waals surface area contributed by atoms with Gasteiger partial charge >= 0.3 is 5.97 Å². The van der Waals surface area contributed by atoms with Gasteiger partial charge in [0.15, 0.2) is 0 Å². The number of nitrogens with zero attached hydrogens (tertiary/aromatic N) is 1. The largest absolute Gasteiger partial charge is 0.466 e. The van der Waals surface area contributed by atoms with Crippen LogP contribution >= 0.6 is 11.8 Å². The van der Waals surface area contributed by atoms with E-state index in [0.717, 1.165) is 17.7 Å². The number of hydrogen-bond acceptors (Lipinski definition) is 5. The van der Waals surface area contributed by atoms with Crippen LogP contribution in [0, 0.1) is 0 Å². The number of carbonyl (C=O) groups is 1. The fraction of sp³-hybridized carbons (Fsp3) is 0.385. The summed E-state index contributed by atoms with van der Waals surface area (Å²) in [7, 11) is 0. The van der Waals surface area contributed by atoms with Crippen molar-refractivity contribution in [2.75, 3.05) is 12.4 Å². The molecule has 0 saturated carbocycles. The van der Waals surface area contributed by atoms with Crippen molar-refractivity contribution in [3.05, 3.63) is 35.9 Å². The zero-order valence-electron chi connectivity index (χ0n) is 10.3. The maximum Gasteiger partial charge on any atom is 0.302 e. The van der Waals surface area contributed by atoms with Crippen LogP contribution in [0.3, 0.4) is 0 Å². The molecule has 98 valence electrons. The molecular weight excluding hydrogens is 250 g/mol. The van der Waals surface area contributed by atoms with Crippen LogP contribution in [0.15, 0.2) is 35.5 Å². The zero-order chi connectivity index (χ0) is 13.2. The van der Waals surface area contributed by atoms with Crippen molar-refractivity contribution >= 4 is 22.8 Å². The second-order valence-electron chi connectivity index (χ2n) is 3.70. The van der Waals surface area contributed by atoms with Crippen molar-refractivity contribution in [3.63, 3.8) is 0 Å². The summed E-state index contributed by atoms with van der Waals surface area (Å²) in [5, 5.41) is 12.9. The van der Waals surface area contributed by atoms with Gasteiger partial charge in [-0.25, -0.2) is 0 Å². The first-order chi connectivity index (χ1) is 8.72. The third-order valence-corrected chi connectivity index (χ3v) is 3.22. The fourth-order valence-electron chi connectivity index (χ4n) is 1.35. The van der Waals surface area contributed by atoms with Gasteiger partial charge in [0, 0.05) is 19.1 Å². The molecule has 1 aromatic rings. The lowest BCUT2D eigenvalue weighted by Crippen LogP contribution is -2.04. The Kier molecular flexibility index (Phi) is 6.94. The summed E-state index contributed by atoms with van der Waals surface area (Å²) in [6, 6.07) is 9.84. The normalized spacial score (nSPS) is 11.3. The van der Waals surface area contributed by atoms with Crippen molar-refractivity contribution in [2.45, 2.75) is 19.8 Å². The highest BCUT2D eigenvalue weighted by atomic mass is 32.2. The number of carbonyl (C=O) groups excluding carboxylic acids is 1. The minimum Gasteiger partial charge on any atom is -0.466 e. The Labute approximate surface area is 111 Å². The van der Waals surface area contributed by atoms with Crippen LogP contribution in [-0.2, 0) is 16.0 Å². The van der Waals surface area contributed by atoms with Crippen molar-refractivity contribution in [1.82, 2.24) is 0 Å². The van der Waals surface area contributed by atoms with Crippen molar-refractivity contribution in [2.24, 2.45) is 5.16 Å². The summed E-state index contributed by atoms with van der Waals surface area (Å²) in [6.07, 6.45) is 1.37. The van der Waals surface area contributed by atoms with Crippen LogP contribution < -0.4 is 0 Å². The predicted molar refractivity (Wildman–Crippen MR) is 73.1 cm³/mol. The van der Waals surface area contributed by atoms with Gasteiger partial charge in [-0.15, -0.1) is 11.8 Å². The maximum atomic E-state index is 10.5. The molecule has 0 bridgehead atoms. The lowest BCUT2D eigenvalue weighted by Gasteiger charge is -2.04. The molecule has 0 spiro atoms. The Bertz CT molecular complexity index is 392. The molecule has 0 heterocycles. The lowest BCUT2D eigenvalue weighted by atomic mass is 10.2. The minimum absolute atomic E-state index is 0.264. The Morgan fingerprint density at radius 2 is 2.11 bits per heavy atom. The van der Waals surface area contributed by atoms with E-state index in [4.69, 9.17) is 9.94 Å². The van der Waals surface area contributed by atoms with E-state index in [1.807, 2.05) is 30.3 Å². The summed E-state index contributed by atoms with van der Waals surface area (Å²) in [6.45, 7) is 1.80. The fourth-order valence-corrected chi connectivity index (χ4v) is 2.17. The van der Waals surface area contributed by atoms with E-state index < -0.39 is 0 Å². The van der Waals surface area contributed by atoms with Crippen LogP contribution in [0.4, 0.5) is 0 Å². The monoisotopic (exact) mass is 267 g/mol. The topological polar surface area (TPSA) is 58.9 Å². The van der Waals surface area contributed by atoms with Gasteiger partial charge in [0.05, 0.1) is 6.61 Å². The van der Waals surface area contributed by atoms with E-state index in [2.05, 4.69) is 5.16 Å². The standard InChI is InChI=1S/C13H17NO3S/c1-11(15)17-8-5-9-18-13(14-16)10-12-6-3-2-4-7-12/h2-4,6-7,16H,5,8-10H2,1H3/b14-13-. The van der Waals surface area contributed by atoms with E-state index >= 15 is 0 Å². The van der Waals surface area contributed by atoms with Crippen LogP contribution in [-0.4, -0.2) is 28.6 Å². The van der Waals surface area contributed by atoms with Crippen molar-refractivity contribution in [1.29, 1.82) is 0 Å². The number of oxime groups is 1. The Morgan fingerprint density at radius 3 is 2.72 bits per heavy atom.